The van der Waals surface area contributed by atoms with Crippen LogP contribution in [0.3, 0.4) is 0 Å². The lowest BCUT2D eigenvalue weighted by Crippen LogP contribution is -2.54. The zero-order valence-electron chi connectivity index (χ0n) is 33.0. The molecule has 8 N–H and O–H groups in total. The number of amides is 1. The number of aromatic hydroxyl groups is 1. The SMILES string of the molecule is COC(=O)[C@H]1[C@H](O)[C@H](C)[C@@H](O)[C@](C)(O)/C=C(\C)C2=C3C(=C(C)C(=O)c4c(O)c(c(C)c(OC(C)=O)c43)NC(=O)/C(C)=C/C=C\[C@](C)(O)[C@@H](O)[C@@H](C)[C@H]1O)OCO2. The Morgan fingerprint density at radius 3 is 1.98 bits per heavy atom. The molecule has 0 aromatic heterocycles. The number of nitrogens with one attached hydrogen (secondary N) is 1. The third kappa shape index (κ3) is 8.03. The standard InChI is InChI=1S/C40H51NO15/c1-16-12-11-13-39(8,51)35(47)20(5)29(44)26(38(50)53-10)30(45)21(6)36(48)40(9,52)14-17(2)32-25-23-24(28(43)19(4)33(25)55-15-54-32)31(46)27(41-37(16)49)18(3)34(23)56-22(7)42/h11-14,20-21,26,29-30,35-36,44-48,51-52H,15H2,1-10H3,(H,41,49)/b13-11-,16-12+,17-14+/t20-,21-,26+,29+,30+,35-,36+,39-,40+/m0/s1. The van der Waals surface area contributed by atoms with Crippen molar-refractivity contribution < 1.29 is 73.9 Å². The summed E-state index contributed by atoms with van der Waals surface area (Å²) in [6.45, 7) is 11.5. The van der Waals surface area contributed by atoms with E-state index in [1.165, 1.54) is 73.6 Å². The van der Waals surface area contributed by atoms with Crippen LogP contribution >= 0.6 is 0 Å². The molecule has 0 spiro atoms. The van der Waals surface area contributed by atoms with Crippen LogP contribution in [0.2, 0.25) is 0 Å². The Morgan fingerprint density at radius 2 is 1.43 bits per heavy atom. The van der Waals surface area contributed by atoms with Gasteiger partial charge in [0, 0.05) is 41.0 Å². The molecule has 3 heterocycles. The Kier molecular flexibility index (Phi) is 12.8. The second kappa shape index (κ2) is 16.3. The van der Waals surface area contributed by atoms with Crippen molar-refractivity contribution in [1.82, 2.24) is 0 Å². The number of ether oxygens (including phenoxy) is 4. The number of phenolic OH excluding ortho intramolecular Hbond substituents is 1. The summed E-state index contributed by atoms with van der Waals surface area (Å²) in [5, 5.41) is 82.9. The number of aliphatic hydroxyl groups is 6. The van der Waals surface area contributed by atoms with E-state index >= 15 is 0 Å². The van der Waals surface area contributed by atoms with Gasteiger partial charge in [-0.2, -0.15) is 0 Å². The van der Waals surface area contributed by atoms with Gasteiger partial charge in [-0.05, 0) is 53.2 Å². The van der Waals surface area contributed by atoms with Crippen LogP contribution in [0, 0.1) is 24.7 Å². The van der Waals surface area contributed by atoms with Crippen LogP contribution in [-0.2, 0) is 28.6 Å². The molecule has 9 atom stereocenters. The number of phenols is 1. The number of carbonyl (C=O) groups is 4. The van der Waals surface area contributed by atoms with E-state index in [9.17, 15) is 54.9 Å². The molecule has 1 aromatic rings. The van der Waals surface area contributed by atoms with Gasteiger partial charge in [0.2, 0.25) is 6.79 Å². The van der Waals surface area contributed by atoms with Crippen LogP contribution in [0.15, 0.2) is 52.5 Å². The molecule has 0 fully saturated rings. The summed E-state index contributed by atoms with van der Waals surface area (Å²) in [5.41, 5.74) is -4.84. The normalized spacial score (nSPS) is 34.2. The van der Waals surface area contributed by atoms with Crippen LogP contribution in [0.5, 0.6) is 11.5 Å². The fourth-order valence-electron chi connectivity index (χ4n) is 7.31. The van der Waals surface area contributed by atoms with Gasteiger partial charge >= 0.3 is 11.9 Å². The largest absolute Gasteiger partial charge is 0.505 e. The molecule has 0 radical (unpaired) electrons. The third-order valence-corrected chi connectivity index (χ3v) is 10.7. The van der Waals surface area contributed by atoms with E-state index < -0.39 is 89.5 Å². The van der Waals surface area contributed by atoms with Crippen LogP contribution in [-0.4, -0.2) is 109 Å². The van der Waals surface area contributed by atoms with Gasteiger partial charge in [-0.25, -0.2) is 0 Å². The predicted octanol–water partition coefficient (Wildman–Crippen LogP) is 2.22. The summed E-state index contributed by atoms with van der Waals surface area (Å²) in [5.74, 6) is -8.84. The molecule has 56 heavy (non-hydrogen) atoms. The van der Waals surface area contributed by atoms with Gasteiger partial charge in [-0.15, -0.1) is 0 Å². The van der Waals surface area contributed by atoms with Crippen molar-refractivity contribution in [3.05, 3.63) is 69.2 Å². The summed E-state index contributed by atoms with van der Waals surface area (Å²) >= 11 is 0. The lowest BCUT2D eigenvalue weighted by Gasteiger charge is -2.40. The lowest BCUT2D eigenvalue weighted by atomic mass is 9.74. The smallest absolute Gasteiger partial charge is 0.313 e. The number of rotatable bonds is 2. The number of benzene rings is 1. The van der Waals surface area contributed by atoms with E-state index in [0.29, 0.717) is 0 Å². The summed E-state index contributed by atoms with van der Waals surface area (Å²) in [6, 6.07) is 0. The Hall–Kier alpha value is -4.84. The average Bonchev–Trinajstić information content (AvgIpc) is 3.13. The lowest BCUT2D eigenvalue weighted by molar-refractivity contribution is -0.171. The first kappa shape index (κ1) is 43.9. The number of fused-ring (bicyclic) bond motifs is 14. The minimum absolute atomic E-state index is 0.00246. The number of allylic oxidation sites excluding steroid dienone is 5. The Bertz CT molecular complexity index is 1970. The molecular weight excluding hydrogens is 734 g/mol. The van der Waals surface area contributed by atoms with E-state index in [-0.39, 0.29) is 61.9 Å². The summed E-state index contributed by atoms with van der Waals surface area (Å²) in [6.07, 6.45) is -2.56. The van der Waals surface area contributed by atoms with Gasteiger partial charge in [-0.1, -0.05) is 32.1 Å². The molecule has 5 rings (SSSR count). The van der Waals surface area contributed by atoms with E-state index in [1.807, 2.05) is 0 Å². The van der Waals surface area contributed by atoms with Crippen molar-refractivity contribution in [2.45, 2.75) is 97.9 Å². The Labute approximate surface area is 324 Å². The highest BCUT2D eigenvalue weighted by atomic mass is 16.7. The minimum atomic E-state index is -2.22. The molecule has 306 valence electrons. The van der Waals surface area contributed by atoms with Crippen LogP contribution in [0.1, 0.15) is 76.9 Å². The van der Waals surface area contributed by atoms with Gasteiger partial charge in [0.15, 0.2) is 11.5 Å². The Morgan fingerprint density at radius 1 is 0.875 bits per heavy atom. The molecule has 3 aliphatic heterocycles. The first-order valence-electron chi connectivity index (χ1n) is 17.9. The number of aliphatic hydroxyl groups excluding tert-OH is 4. The van der Waals surface area contributed by atoms with Gasteiger partial charge in [0.25, 0.3) is 5.91 Å². The molecule has 1 aromatic carbocycles. The molecular formula is C40H51NO15. The molecule has 16 heteroatoms. The molecule has 4 aliphatic rings. The first-order chi connectivity index (χ1) is 25.9. The summed E-state index contributed by atoms with van der Waals surface area (Å²) in [4.78, 5) is 53.1. The number of methoxy groups -OCH3 is 1. The zero-order valence-corrected chi connectivity index (χ0v) is 33.0. The molecule has 1 aliphatic carbocycles. The summed E-state index contributed by atoms with van der Waals surface area (Å²) < 4.78 is 22.2. The van der Waals surface area contributed by atoms with Gasteiger partial charge in [0.1, 0.15) is 34.4 Å². The first-order valence-corrected chi connectivity index (χ1v) is 17.9. The highest BCUT2D eigenvalue weighted by molar-refractivity contribution is 6.21. The number of esters is 2. The predicted molar refractivity (Wildman–Crippen MR) is 200 cm³/mol. The highest BCUT2D eigenvalue weighted by Gasteiger charge is 2.48. The van der Waals surface area contributed by atoms with Crippen molar-refractivity contribution in [1.29, 1.82) is 0 Å². The van der Waals surface area contributed by atoms with Crippen LogP contribution in [0.4, 0.5) is 5.69 Å². The molecule has 0 saturated heterocycles. The molecule has 16 nitrogen and oxygen atoms in total. The third-order valence-electron chi connectivity index (χ3n) is 10.7. The number of hydrogen-bond acceptors (Lipinski definition) is 15. The van der Waals surface area contributed by atoms with Crippen molar-refractivity contribution in [2.75, 3.05) is 19.2 Å². The van der Waals surface area contributed by atoms with E-state index in [1.54, 1.807) is 0 Å². The number of ketones is 1. The second-order valence-electron chi connectivity index (χ2n) is 15.0. The number of carbonyl (C=O) groups excluding carboxylic acids is 4. The molecule has 4 bridgehead atoms. The van der Waals surface area contributed by atoms with Crippen molar-refractivity contribution in [3.8, 4) is 11.5 Å². The maximum atomic E-state index is 14.0. The van der Waals surface area contributed by atoms with E-state index in [2.05, 4.69) is 5.32 Å². The van der Waals surface area contributed by atoms with E-state index in [4.69, 9.17) is 18.9 Å². The van der Waals surface area contributed by atoms with Gasteiger partial charge < -0.3 is 60.0 Å². The van der Waals surface area contributed by atoms with E-state index in [0.717, 1.165) is 20.1 Å². The molecule has 1 amide bonds. The second-order valence-corrected chi connectivity index (χ2v) is 15.0. The minimum Gasteiger partial charge on any atom is -0.505 e. The maximum Gasteiger partial charge on any atom is 0.313 e. The maximum absolute atomic E-state index is 14.0. The number of hydrogen-bond donors (Lipinski definition) is 8. The molecule has 0 saturated carbocycles. The van der Waals surface area contributed by atoms with Crippen LogP contribution < -0.4 is 10.1 Å². The number of anilines is 1. The average molecular weight is 786 g/mol. The number of Topliss-reactive ketones (excluding diaryl/α,β-unsaturated/α-hetero) is 1. The van der Waals surface area contributed by atoms with Crippen molar-refractivity contribution in [2.24, 2.45) is 17.8 Å². The van der Waals surface area contributed by atoms with Gasteiger partial charge in [0.05, 0.1) is 48.3 Å². The van der Waals surface area contributed by atoms with Crippen molar-refractivity contribution >= 4 is 34.9 Å². The monoisotopic (exact) mass is 785 g/mol. The zero-order chi connectivity index (χ0) is 42.4. The Balaban J connectivity index is 2.08. The fraction of sp³-hybridized carbons (Fsp3) is 0.500. The van der Waals surface area contributed by atoms with Crippen molar-refractivity contribution in [3.63, 3.8) is 0 Å². The fourth-order valence-corrected chi connectivity index (χ4v) is 7.31. The summed E-state index contributed by atoms with van der Waals surface area (Å²) in [7, 11) is 1.01. The topological polar surface area (TPSA) is 259 Å². The van der Waals surface area contributed by atoms with Crippen LogP contribution in [0.25, 0.3) is 5.57 Å². The highest BCUT2D eigenvalue weighted by Crippen LogP contribution is 2.53. The molecule has 0 unspecified atom stereocenters. The van der Waals surface area contributed by atoms with Gasteiger partial charge in [-0.3, -0.25) is 19.2 Å². The quantitative estimate of drug-likeness (QED) is 0.122.